The van der Waals surface area contributed by atoms with Crippen molar-refractivity contribution in [2.45, 2.75) is 355 Å². The molecule has 0 saturated heterocycles. The van der Waals surface area contributed by atoms with Crippen molar-refractivity contribution in [2.24, 2.45) is 11.8 Å². The average Bonchev–Trinajstić information content (AvgIpc) is 3.31. The van der Waals surface area contributed by atoms with Gasteiger partial charge in [0, 0.05) is 19.3 Å². The molecule has 1 atom stereocenters. The number of carbonyl (C=O) groups is 3. The summed E-state index contributed by atoms with van der Waals surface area (Å²) < 4.78 is 16.9. The molecule has 6 nitrogen and oxygen atoms in total. The van der Waals surface area contributed by atoms with Gasteiger partial charge in [0.05, 0.1) is 0 Å². The number of rotatable bonds is 56. The molecule has 0 aromatic heterocycles. The molecular formula is C62H120O6. The fourth-order valence-corrected chi connectivity index (χ4v) is 9.58. The predicted molar refractivity (Wildman–Crippen MR) is 293 cm³/mol. The van der Waals surface area contributed by atoms with E-state index in [1.807, 2.05) is 0 Å². The van der Waals surface area contributed by atoms with Gasteiger partial charge in [-0.1, -0.05) is 311 Å². The minimum atomic E-state index is -0.763. The van der Waals surface area contributed by atoms with E-state index in [-0.39, 0.29) is 31.1 Å². The third-order valence-electron chi connectivity index (χ3n) is 14.2. The van der Waals surface area contributed by atoms with E-state index in [1.165, 1.54) is 238 Å². The van der Waals surface area contributed by atoms with Crippen LogP contribution < -0.4 is 0 Å². The van der Waals surface area contributed by atoms with Crippen molar-refractivity contribution in [1.82, 2.24) is 0 Å². The smallest absolute Gasteiger partial charge is 0.306 e. The number of ether oxygens (including phenoxy) is 3. The lowest BCUT2D eigenvalue weighted by atomic mass is 10.0. The third kappa shape index (κ3) is 55.3. The fourth-order valence-electron chi connectivity index (χ4n) is 9.58. The molecule has 0 aromatic carbocycles. The number of esters is 3. The first-order chi connectivity index (χ1) is 33.2. The molecule has 0 aliphatic carbocycles. The Labute approximate surface area is 425 Å². The molecule has 0 unspecified atom stereocenters. The van der Waals surface area contributed by atoms with Crippen molar-refractivity contribution in [3.8, 4) is 0 Å². The van der Waals surface area contributed by atoms with Crippen LogP contribution in [-0.2, 0) is 28.6 Å². The van der Waals surface area contributed by atoms with Crippen molar-refractivity contribution in [3.63, 3.8) is 0 Å². The minimum Gasteiger partial charge on any atom is -0.462 e. The van der Waals surface area contributed by atoms with Crippen LogP contribution >= 0.6 is 0 Å². The maximum absolute atomic E-state index is 12.9. The Bertz CT molecular complexity index is 1040. The van der Waals surface area contributed by atoms with Gasteiger partial charge in [0.15, 0.2) is 6.10 Å². The molecule has 0 radical (unpaired) electrons. The van der Waals surface area contributed by atoms with Crippen molar-refractivity contribution >= 4 is 17.9 Å². The molecule has 0 aliphatic heterocycles. The Morgan fingerprint density at radius 2 is 0.485 bits per heavy atom. The summed E-state index contributed by atoms with van der Waals surface area (Å²) in [7, 11) is 0. The molecule has 0 fully saturated rings. The Kier molecular flexibility index (Phi) is 53.5. The standard InChI is InChI=1S/C62H120O6/c1-6-7-8-9-10-11-12-13-14-15-16-19-23-28-34-39-44-49-54-62(65)68-59(56-67-61(64)53-48-43-38-33-29-24-26-31-36-41-46-51-58(4)5)55-66-60(63)52-47-42-37-32-27-22-20-17-18-21-25-30-35-40-45-50-57(2)3/h57-59H,6-56H2,1-5H3/t59-/m1/s1. The van der Waals surface area contributed by atoms with Crippen molar-refractivity contribution in [1.29, 1.82) is 0 Å². The van der Waals surface area contributed by atoms with Gasteiger partial charge in [-0.25, -0.2) is 0 Å². The lowest BCUT2D eigenvalue weighted by Crippen LogP contribution is -2.30. The first kappa shape index (κ1) is 66.4. The summed E-state index contributed by atoms with van der Waals surface area (Å²) in [5, 5.41) is 0. The van der Waals surface area contributed by atoms with Gasteiger partial charge in [-0.15, -0.1) is 0 Å². The van der Waals surface area contributed by atoms with Gasteiger partial charge in [-0.05, 0) is 31.1 Å². The van der Waals surface area contributed by atoms with Crippen LogP contribution in [0.25, 0.3) is 0 Å². The third-order valence-corrected chi connectivity index (χ3v) is 14.2. The molecule has 6 heteroatoms. The molecule has 0 saturated carbocycles. The summed E-state index contributed by atoms with van der Waals surface area (Å²) >= 11 is 0. The van der Waals surface area contributed by atoms with Crippen LogP contribution in [0, 0.1) is 11.8 Å². The molecular weight excluding hydrogens is 841 g/mol. The van der Waals surface area contributed by atoms with E-state index in [9.17, 15) is 14.4 Å². The van der Waals surface area contributed by atoms with Crippen LogP contribution in [0.15, 0.2) is 0 Å². The highest BCUT2D eigenvalue weighted by Crippen LogP contribution is 2.19. The van der Waals surface area contributed by atoms with E-state index in [4.69, 9.17) is 14.2 Å². The highest BCUT2D eigenvalue weighted by molar-refractivity contribution is 5.71. The van der Waals surface area contributed by atoms with E-state index in [1.54, 1.807) is 0 Å². The van der Waals surface area contributed by atoms with E-state index < -0.39 is 6.10 Å². The van der Waals surface area contributed by atoms with Crippen molar-refractivity contribution in [2.75, 3.05) is 13.2 Å². The summed E-state index contributed by atoms with van der Waals surface area (Å²) in [6.45, 7) is 11.4. The summed E-state index contributed by atoms with van der Waals surface area (Å²) in [5.41, 5.74) is 0. The Morgan fingerprint density at radius 1 is 0.279 bits per heavy atom. The van der Waals surface area contributed by atoms with Gasteiger partial charge < -0.3 is 14.2 Å². The van der Waals surface area contributed by atoms with Gasteiger partial charge in [0.25, 0.3) is 0 Å². The zero-order valence-electron chi connectivity index (χ0n) is 46.7. The normalized spacial score (nSPS) is 12.0. The van der Waals surface area contributed by atoms with Crippen LogP contribution in [0.5, 0.6) is 0 Å². The van der Waals surface area contributed by atoms with E-state index >= 15 is 0 Å². The Morgan fingerprint density at radius 3 is 0.721 bits per heavy atom. The van der Waals surface area contributed by atoms with Crippen LogP contribution in [0.2, 0.25) is 0 Å². The highest BCUT2D eigenvalue weighted by Gasteiger charge is 2.19. The lowest BCUT2D eigenvalue weighted by molar-refractivity contribution is -0.167. The molecule has 0 spiro atoms. The van der Waals surface area contributed by atoms with Gasteiger partial charge in [-0.2, -0.15) is 0 Å². The van der Waals surface area contributed by atoms with E-state index in [0.717, 1.165) is 69.6 Å². The van der Waals surface area contributed by atoms with Gasteiger partial charge in [0.1, 0.15) is 13.2 Å². The van der Waals surface area contributed by atoms with Crippen LogP contribution in [-0.4, -0.2) is 37.2 Å². The number of hydrogen-bond donors (Lipinski definition) is 0. The van der Waals surface area contributed by atoms with E-state index in [0.29, 0.717) is 19.3 Å². The second-order valence-electron chi connectivity index (χ2n) is 22.3. The molecule has 0 bridgehead atoms. The molecule has 0 aliphatic rings. The average molecular weight is 962 g/mol. The number of hydrogen-bond acceptors (Lipinski definition) is 6. The summed E-state index contributed by atoms with van der Waals surface area (Å²) in [4.78, 5) is 38.2. The van der Waals surface area contributed by atoms with Crippen LogP contribution in [0.1, 0.15) is 349 Å². The number of unbranched alkanes of at least 4 members (excludes halogenated alkanes) is 41. The van der Waals surface area contributed by atoms with Crippen molar-refractivity contribution < 1.29 is 28.6 Å². The SMILES string of the molecule is CCCCCCCCCCCCCCCCCCCCC(=O)O[C@H](COC(=O)CCCCCCCCCCCCCCCCCC(C)C)COC(=O)CCCCCCCCCCCCCC(C)C. The molecule has 0 amide bonds. The molecule has 68 heavy (non-hydrogen) atoms. The van der Waals surface area contributed by atoms with Gasteiger partial charge in [0.2, 0.25) is 0 Å². The molecule has 0 N–H and O–H groups in total. The second kappa shape index (κ2) is 54.7. The fraction of sp³-hybridized carbons (Fsp3) is 0.952. The second-order valence-corrected chi connectivity index (χ2v) is 22.3. The van der Waals surface area contributed by atoms with Crippen molar-refractivity contribution in [3.05, 3.63) is 0 Å². The van der Waals surface area contributed by atoms with Gasteiger partial charge >= 0.3 is 17.9 Å². The minimum absolute atomic E-state index is 0.0623. The number of carbonyl (C=O) groups excluding carboxylic acids is 3. The monoisotopic (exact) mass is 961 g/mol. The Balaban J connectivity index is 4.28. The predicted octanol–water partition coefficient (Wildman–Crippen LogP) is 20.4. The zero-order valence-corrected chi connectivity index (χ0v) is 46.7. The summed E-state index contributed by atoms with van der Waals surface area (Å²) in [6.07, 6.45) is 59.6. The van der Waals surface area contributed by atoms with Crippen LogP contribution in [0.3, 0.4) is 0 Å². The van der Waals surface area contributed by atoms with E-state index in [2.05, 4.69) is 34.6 Å². The maximum Gasteiger partial charge on any atom is 0.306 e. The zero-order chi connectivity index (χ0) is 49.6. The molecule has 0 rings (SSSR count). The Hall–Kier alpha value is -1.59. The largest absolute Gasteiger partial charge is 0.462 e. The topological polar surface area (TPSA) is 78.9 Å². The first-order valence-corrected chi connectivity index (χ1v) is 30.7. The van der Waals surface area contributed by atoms with Gasteiger partial charge in [-0.3, -0.25) is 14.4 Å². The molecule has 404 valence electrons. The first-order valence-electron chi connectivity index (χ1n) is 30.7. The molecule has 0 heterocycles. The maximum atomic E-state index is 12.9. The molecule has 0 aromatic rings. The summed E-state index contributed by atoms with van der Waals surface area (Å²) in [6, 6.07) is 0. The van der Waals surface area contributed by atoms with Crippen LogP contribution in [0.4, 0.5) is 0 Å². The summed E-state index contributed by atoms with van der Waals surface area (Å²) in [5.74, 6) is 0.841. The lowest BCUT2D eigenvalue weighted by Gasteiger charge is -2.18. The quantitative estimate of drug-likeness (QED) is 0.0343. The highest BCUT2D eigenvalue weighted by atomic mass is 16.6.